The van der Waals surface area contributed by atoms with E-state index in [1.807, 2.05) is 39.8 Å². The lowest BCUT2D eigenvalue weighted by Gasteiger charge is -2.68. The van der Waals surface area contributed by atoms with Crippen molar-refractivity contribution in [2.45, 2.75) is 63.8 Å². The highest BCUT2D eigenvalue weighted by Gasteiger charge is 2.73. The van der Waals surface area contributed by atoms with E-state index >= 15 is 0 Å². The molecule has 0 radical (unpaired) electrons. The van der Waals surface area contributed by atoms with E-state index < -0.39 is 5.97 Å². The normalized spacial score (nSPS) is 22.6. The van der Waals surface area contributed by atoms with E-state index in [0.717, 1.165) is 53.6 Å². The van der Waals surface area contributed by atoms with Gasteiger partial charge in [0.1, 0.15) is 16.7 Å². The van der Waals surface area contributed by atoms with Gasteiger partial charge in [-0.3, -0.25) is 9.36 Å². The molecule has 7 rings (SSSR count). The highest BCUT2D eigenvalue weighted by atomic mass is 35.5. The summed E-state index contributed by atoms with van der Waals surface area (Å²) in [4.78, 5) is 39.1. The van der Waals surface area contributed by atoms with Crippen LogP contribution in [0.25, 0.3) is 10.9 Å². The molecule has 3 aliphatic rings. The molecule has 196 valence electrons. The fourth-order valence-electron chi connectivity index (χ4n) is 6.33. The molecule has 1 aromatic carbocycles. The van der Waals surface area contributed by atoms with Gasteiger partial charge in [0.2, 0.25) is 5.89 Å². The maximum atomic E-state index is 13.6. The first-order valence-corrected chi connectivity index (χ1v) is 12.9. The summed E-state index contributed by atoms with van der Waals surface area (Å²) < 4.78 is 7.64. The van der Waals surface area contributed by atoms with Crippen molar-refractivity contribution >= 4 is 34.2 Å². The minimum atomic E-state index is -1.18. The number of aromatic nitrogens is 4. The van der Waals surface area contributed by atoms with Crippen LogP contribution in [0.3, 0.4) is 0 Å². The lowest BCUT2D eigenvalue weighted by Crippen LogP contribution is -2.68. The summed E-state index contributed by atoms with van der Waals surface area (Å²) in [5.41, 5.74) is 3.08. The van der Waals surface area contributed by atoms with Crippen molar-refractivity contribution in [2.24, 2.45) is 7.05 Å². The Balaban J connectivity index is 1.40. The molecule has 9 nitrogen and oxygen atoms in total. The number of nitrogens with one attached hydrogen (secondary N) is 1. The van der Waals surface area contributed by atoms with E-state index in [0.29, 0.717) is 16.6 Å². The number of hydrogen-bond acceptors (Lipinski definition) is 7. The molecule has 3 heterocycles. The largest absolute Gasteiger partial charge is 0.476 e. The van der Waals surface area contributed by atoms with Gasteiger partial charge < -0.3 is 14.8 Å². The molecule has 0 aliphatic heterocycles. The summed E-state index contributed by atoms with van der Waals surface area (Å²) in [7, 11) is 1.79. The van der Waals surface area contributed by atoms with E-state index in [1.165, 1.54) is 0 Å². The Labute approximate surface area is 223 Å². The van der Waals surface area contributed by atoms with Crippen LogP contribution in [0.4, 0.5) is 5.69 Å². The lowest BCUT2D eigenvalue weighted by molar-refractivity contribution is -0.0945. The number of rotatable bonds is 6. The third kappa shape index (κ3) is 3.48. The summed E-state index contributed by atoms with van der Waals surface area (Å²) >= 11 is 5.93. The summed E-state index contributed by atoms with van der Waals surface area (Å²) in [5, 5.41) is 13.5. The van der Waals surface area contributed by atoms with Gasteiger partial charge in [-0.05, 0) is 70.7 Å². The molecule has 1 atom stereocenters. The predicted molar refractivity (Wildman–Crippen MR) is 143 cm³/mol. The number of halogens is 1. The van der Waals surface area contributed by atoms with Crippen molar-refractivity contribution in [3.63, 3.8) is 0 Å². The van der Waals surface area contributed by atoms with Crippen LogP contribution in [0.15, 0.2) is 33.5 Å². The molecule has 0 unspecified atom stereocenters. The second-order valence-corrected chi connectivity index (χ2v) is 11.4. The summed E-state index contributed by atoms with van der Waals surface area (Å²) in [6, 6.07) is 6.63. The van der Waals surface area contributed by atoms with E-state index in [1.54, 1.807) is 23.7 Å². The Morgan fingerprint density at radius 1 is 1.13 bits per heavy atom. The number of carbonyl (C=O) groups is 1. The Bertz CT molecular complexity index is 1680. The quantitative estimate of drug-likeness (QED) is 0.326. The monoisotopic (exact) mass is 533 g/mol. The Morgan fingerprint density at radius 3 is 2.47 bits per heavy atom. The SMILES string of the molecule is Cc1cc([C@@H](C)Nc2ccc(Cl)nc2C(=O)O)c2nc(C34CC(c5nc(C)c(C)o5)(C3)C4)n(C)c(=O)c2c1. The number of nitrogens with zero attached hydrogens (tertiary/aromatic N) is 4. The van der Waals surface area contributed by atoms with Crippen LogP contribution in [0.1, 0.15) is 77.0 Å². The van der Waals surface area contributed by atoms with Gasteiger partial charge >= 0.3 is 5.97 Å². The second kappa shape index (κ2) is 8.14. The number of pyridine rings is 1. The molecule has 3 fully saturated rings. The highest BCUT2D eigenvalue weighted by Crippen LogP contribution is 2.73. The minimum absolute atomic E-state index is 0.0779. The van der Waals surface area contributed by atoms with Gasteiger partial charge in [0.15, 0.2) is 5.69 Å². The molecule has 38 heavy (non-hydrogen) atoms. The van der Waals surface area contributed by atoms with Gasteiger partial charge in [-0.1, -0.05) is 17.7 Å². The van der Waals surface area contributed by atoms with Gasteiger partial charge in [0, 0.05) is 23.4 Å². The zero-order valence-electron chi connectivity index (χ0n) is 21.8. The van der Waals surface area contributed by atoms with Crippen molar-refractivity contribution in [3.05, 3.63) is 79.8 Å². The highest BCUT2D eigenvalue weighted by molar-refractivity contribution is 6.29. The fourth-order valence-corrected chi connectivity index (χ4v) is 6.48. The van der Waals surface area contributed by atoms with Gasteiger partial charge in [0.05, 0.1) is 28.3 Å². The van der Waals surface area contributed by atoms with Crippen molar-refractivity contribution in [3.8, 4) is 0 Å². The molecule has 3 aromatic heterocycles. The molecule has 2 N–H and O–H groups in total. The first-order valence-electron chi connectivity index (χ1n) is 12.6. The maximum Gasteiger partial charge on any atom is 0.356 e. The van der Waals surface area contributed by atoms with E-state index in [9.17, 15) is 14.7 Å². The van der Waals surface area contributed by atoms with Gasteiger partial charge in [0.25, 0.3) is 5.56 Å². The van der Waals surface area contributed by atoms with Gasteiger partial charge in [-0.2, -0.15) is 0 Å². The van der Waals surface area contributed by atoms with Crippen molar-refractivity contribution < 1.29 is 14.3 Å². The minimum Gasteiger partial charge on any atom is -0.476 e. The van der Waals surface area contributed by atoms with Crippen LogP contribution in [0.5, 0.6) is 0 Å². The second-order valence-electron chi connectivity index (χ2n) is 11.0. The van der Waals surface area contributed by atoms with Gasteiger partial charge in [-0.15, -0.1) is 0 Å². The first-order chi connectivity index (χ1) is 17.9. The van der Waals surface area contributed by atoms with E-state index in [2.05, 4.69) is 15.3 Å². The smallest absolute Gasteiger partial charge is 0.356 e. The third-order valence-corrected chi connectivity index (χ3v) is 8.45. The number of carboxylic acid groups (broad SMARTS) is 1. The van der Waals surface area contributed by atoms with Crippen LogP contribution in [-0.4, -0.2) is 30.6 Å². The van der Waals surface area contributed by atoms with E-state index in [4.69, 9.17) is 21.0 Å². The lowest BCUT2D eigenvalue weighted by atomic mass is 9.34. The van der Waals surface area contributed by atoms with Gasteiger partial charge in [-0.25, -0.2) is 19.7 Å². The summed E-state index contributed by atoms with van der Waals surface area (Å²) in [6.07, 6.45) is 2.54. The molecular weight excluding hydrogens is 506 g/mol. The molecular formula is C28H28ClN5O4. The van der Waals surface area contributed by atoms with Crippen LogP contribution < -0.4 is 10.9 Å². The number of oxazole rings is 1. The fraction of sp³-hybridized carbons (Fsp3) is 0.393. The number of aryl methyl sites for hydroxylation is 3. The van der Waals surface area contributed by atoms with Crippen molar-refractivity contribution in [1.29, 1.82) is 0 Å². The van der Waals surface area contributed by atoms with E-state index in [-0.39, 0.29) is 33.3 Å². The van der Waals surface area contributed by atoms with Crippen molar-refractivity contribution in [1.82, 2.24) is 19.5 Å². The number of anilines is 1. The number of hydrogen-bond donors (Lipinski definition) is 2. The van der Waals surface area contributed by atoms with Crippen LogP contribution >= 0.6 is 11.6 Å². The molecule has 3 saturated carbocycles. The molecule has 4 aromatic rings. The first kappa shape index (κ1) is 24.6. The Kier molecular flexibility index (Phi) is 5.27. The standard InChI is InChI=1S/C28H28ClN5O4/c1-13-8-17(15(3)30-19-6-7-20(29)32-22(19)24(36)37)21-18(9-13)23(35)34(5)25(33-21)27-10-28(11-27,12-27)26-31-14(2)16(4)38-26/h6-9,15,30H,10-12H2,1-5H3,(H,36,37)/t15-,27?,28?/m1/s1. The number of fused-ring (bicyclic) bond motifs is 1. The summed E-state index contributed by atoms with van der Waals surface area (Å²) in [6.45, 7) is 7.73. The van der Waals surface area contributed by atoms with Crippen LogP contribution in [0.2, 0.25) is 5.15 Å². The number of carboxylic acids is 1. The number of benzene rings is 1. The average molecular weight is 534 g/mol. The van der Waals surface area contributed by atoms with Crippen LogP contribution in [-0.2, 0) is 17.9 Å². The Hall–Kier alpha value is -3.72. The molecule has 0 saturated heterocycles. The molecule has 0 spiro atoms. The zero-order valence-corrected chi connectivity index (χ0v) is 22.6. The average Bonchev–Trinajstić information content (AvgIpc) is 3.14. The third-order valence-electron chi connectivity index (χ3n) is 8.24. The Morgan fingerprint density at radius 2 is 1.84 bits per heavy atom. The molecule has 10 heteroatoms. The topological polar surface area (TPSA) is 123 Å². The predicted octanol–water partition coefficient (Wildman–Crippen LogP) is 5.14. The maximum absolute atomic E-state index is 13.6. The van der Waals surface area contributed by atoms with Crippen molar-refractivity contribution in [2.75, 3.05) is 5.32 Å². The zero-order chi connectivity index (χ0) is 27.1. The number of aromatic carboxylic acids is 1. The molecule has 3 aliphatic carbocycles. The molecule has 0 amide bonds. The molecule has 2 bridgehead atoms. The van der Waals surface area contributed by atoms with Crippen LogP contribution in [0, 0.1) is 20.8 Å². The summed E-state index contributed by atoms with van der Waals surface area (Å²) in [5.74, 6) is 1.23.